The van der Waals surface area contributed by atoms with Gasteiger partial charge in [0.15, 0.2) is 0 Å². The molecule has 1 N–H and O–H groups in total. The lowest BCUT2D eigenvalue weighted by molar-refractivity contribution is -0.117. The summed E-state index contributed by atoms with van der Waals surface area (Å²) < 4.78 is 1.60. The topological polar surface area (TPSA) is 64.0 Å². The van der Waals surface area contributed by atoms with Gasteiger partial charge in [0.25, 0.3) is 11.7 Å². The van der Waals surface area contributed by atoms with E-state index >= 15 is 0 Å². The summed E-state index contributed by atoms with van der Waals surface area (Å²) >= 11 is 5.84. The Morgan fingerprint density at radius 2 is 1.82 bits per heavy atom. The fourth-order valence-electron chi connectivity index (χ4n) is 2.31. The molecule has 1 aromatic heterocycles. The van der Waals surface area contributed by atoms with Crippen LogP contribution in [0.5, 0.6) is 0 Å². The van der Waals surface area contributed by atoms with Crippen molar-refractivity contribution in [2.24, 2.45) is 7.05 Å². The Labute approximate surface area is 134 Å². The van der Waals surface area contributed by atoms with Gasteiger partial charge in [-0.05, 0) is 38.5 Å². The first-order chi connectivity index (χ1) is 10.3. The van der Waals surface area contributed by atoms with E-state index in [0.29, 0.717) is 22.0 Å². The molecule has 0 saturated carbocycles. The van der Waals surface area contributed by atoms with Crippen LogP contribution in [-0.2, 0) is 11.8 Å². The molecule has 0 aliphatic rings. The van der Waals surface area contributed by atoms with Gasteiger partial charge in [0, 0.05) is 17.8 Å². The van der Waals surface area contributed by atoms with Gasteiger partial charge in [-0.3, -0.25) is 14.3 Å². The van der Waals surface area contributed by atoms with Crippen LogP contribution < -0.4 is 5.32 Å². The van der Waals surface area contributed by atoms with Crippen molar-refractivity contribution in [2.75, 3.05) is 0 Å². The van der Waals surface area contributed by atoms with Crippen LogP contribution in [0.2, 0.25) is 5.02 Å². The normalized spacial score (nSPS) is 12.0. The smallest absolute Gasteiger partial charge is 0.293 e. The third kappa shape index (κ3) is 3.20. The Kier molecular flexibility index (Phi) is 4.66. The van der Waals surface area contributed by atoms with Gasteiger partial charge >= 0.3 is 0 Å². The molecule has 0 fully saturated rings. The number of Topliss-reactive ketones (excluding diaryl/α,β-unsaturated/α-hetero) is 1. The first-order valence-electron chi connectivity index (χ1n) is 6.92. The van der Waals surface area contributed by atoms with Gasteiger partial charge in [0.05, 0.1) is 17.3 Å². The van der Waals surface area contributed by atoms with E-state index in [-0.39, 0.29) is 6.04 Å². The van der Waals surface area contributed by atoms with Gasteiger partial charge in [-0.2, -0.15) is 5.10 Å². The number of ketones is 1. The number of nitrogens with zero attached hydrogens (tertiary/aromatic N) is 2. The van der Waals surface area contributed by atoms with Crippen LogP contribution >= 0.6 is 11.6 Å². The zero-order valence-corrected chi connectivity index (χ0v) is 13.7. The third-order valence-corrected chi connectivity index (χ3v) is 3.91. The summed E-state index contributed by atoms with van der Waals surface area (Å²) in [5.41, 5.74) is 2.48. The molecule has 0 spiro atoms. The Bertz CT molecular complexity index is 720. The quantitative estimate of drug-likeness (QED) is 0.696. The summed E-state index contributed by atoms with van der Waals surface area (Å²) in [6.07, 6.45) is 0. The number of aromatic nitrogens is 2. The molecule has 6 heteroatoms. The molecular formula is C16H18ClN3O2. The summed E-state index contributed by atoms with van der Waals surface area (Å²) in [4.78, 5) is 24.5. The van der Waals surface area contributed by atoms with E-state index in [9.17, 15) is 9.59 Å². The molecule has 0 radical (unpaired) electrons. The number of benzene rings is 1. The number of hydrogen-bond acceptors (Lipinski definition) is 3. The number of nitrogens with one attached hydrogen (secondary N) is 1. The largest absolute Gasteiger partial charge is 0.343 e. The van der Waals surface area contributed by atoms with E-state index in [1.807, 2.05) is 19.1 Å². The Morgan fingerprint density at radius 1 is 1.23 bits per heavy atom. The SMILES string of the molecule is Cc1nn(C)c(C)c1C(=O)C(=O)NC(C)c1ccc(Cl)cc1. The number of hydrogen-bond donors (Lipinski definition) is 1. The number of carbonyl (C=O) groups is 2. The molecule has 2 aromatic rings. The highest BCUT2D eigenvalue weighted by molar-refractivity contribution is 6.43. The zero-order chi connectivity index (χ0) is 16.4. The predicted octanol–water partition coefficient (Wildman–Crippen LogP) is 2.75. The number of rotatable bonds is 4. The lowest BCUT2D eigenvalue weighted by Crippen LogP contribution is -2.33. The van der Waals surface area contributed by atoms with E-state index in [0.717, 1.165) is 5.56 Å². The minimum Gasteiger partial charge on any atom is -0.343 e. The number of aryl methyl sites for hydroxylation is 2. The molecule has 5 nitrogen and oxygen atoms in total. The van der Waals surface area contributed by atoms with Crippen LogP contribution in [0.25, 0.3) is 0 Å². The van der Waals surface area contributed by atoms with E-state index in [1.54, 1.807) is 37.7 Å². The van der Waals surface area contributed by atoms with Gasteiger partial charge in [-0.1, -0.05) is 23.7 Å². The average Bonchev–Trinajstić information content (AvgIpc) is 2.72. The summed E-state index contributed by atoms with van der Waals surface area (Å²) in [6.45, 7) is 5.30. The van der Waals surface area contributed by atoms with E-state index in [1.165, 1.54) is 0 Å². The standard InChI is InChI=1S/C16H18ClN3O2/c1-9(12-5-7-13(17)8-6-12)18-16(22)15(21)14-10(2)19-20(4)11(14)3/h5-9H,1-4H3,(H,18,22). The van der Waals surface area contributed by atoms with Gasteiger partial charge in [-0.15, -0.1) is 0 Å². The number of carbonyl (C=O) groups excluding carboxylic acids is 2. The minimum absolute atomic E-state index is 0.286. The van der Waals surface area contributed by atoms with Crippen LogP contribution in [0.1, 0.15) is 40.3 Å². The molecule has 1 atom stereocenters. The molecule has 0 aliphatic carbocycles. The van der Waals surface area contributed by atoms with Crippen LogP contribution in [0.3, 0.4) is 0 Å². The zero-order valence-electron chi connectivity index (χ0n) is 13.0. The molecule has 2 rings (SSSR count). The maximum Gasteiger partial charge on any atom is 0.293 e. The summed E-state index contributed by atoms with van der Waals surface area (Å²) in [6, 6.07) is 6.84. The maximum absolute atomic E-state index is 12.3. The van der Waals surface area contributed by atoms with E-state index in [4.69, 9.17) is 11.6 Å². The molecule has 1 aromatic carbocycles. The van der Waals surface area contributed by atoms with Crippen molar-refractivity contribution in [3.8, 4) is 0 Å². The van der Waals surface area contributed by atoms with Crippen LogP contribution in [0.4, 0.5) is 0 Å². The molecule has 22 heavy (non-hydrogen) atoms. The lowest BCUT2D eigenvalue weighted by Gasteiger charge is -2.14. The molecule has 0 aliphatic heterocycles. The highest BCUT2D eigenvalue weighted by atomic mass is 35.5. The molecule has 1 unspecified atom stereocenters. The van der Waals surface area contributed by atoms with Crippen molar-refractivity contribution in [3.05, 3.63) is 51.8 Å². The number of halogens is 1. The Balaban J connectivity index is 2.14. The van der Waals surface area contributed by atoms with E-state index < -0.39 is 11.7 Å². The highest BCUT2D eigenvalue weighted by Crippen LogP contribution is 2.17. The van der Waals surface area contributed by atoms with Crippen LogP contribution in [-0.4, -0.2) is 21.5 Å². The first-order valence-corrected chi connectivity index (χ1v) is 7.30. The maximum atomic E-state index is 12.3. The van der Waals surface area contributed by atoms with Crippen molar-refractivity contribution in [1.82, 2.24) is 15.1 Å². The molecule has 0 bridgehead atoms. The predicted molar refractivity (Wildman–Crippen MR) is 85.0 cm³/mol. The van der Waals surface area contributed by atoms with Crippen molar-refractivity contribution in [3.63, 3.8) is 0 Å². The first kappa shape index (κ1) is 16.2. The minimum atomic E-state index is -0.637. The number of amides is 1. The fourth-order valence-corrected chi connectivity index (χ4v) is 2.44. The van der Waals surface area contributed by atoms with Crippen molar-refractivity contribution >= 4 is 23.3 Å². The van der Waals surface area contributed by atoms with Crippen molar-refractivity contribution < 1.29 is 9.59 Å². The van der Waals surface area contributed by atoms with Crippen molar-refractivity contribution in [1.29, 1.82) is 0 Å². The molecule has 1 heterocycles. The van der Waals surface area contributed by atoms with Gasteiger partial charge in [-0.25, -0.2) is 0 Å². The second-order valence-electron chi connectivity index (χ2n) is 5.25. The summed E-state index contributed by atoms with van der Waals surface area (Å²) in [7, 11) is 1.74. The fraction of sp³-hybridized carbons (Fsp3) is 0.312. The average molecular weight is 320 g/mol. The molecule has 0 saturated heterocycles. The van der Waals surface area contributed by atoms with Gasteiger partial charge in [0.1, 0.15) is 0 Å². The summed E-state index contributed by atoms with van der Waals surface area (Å²) in [5.74, 6) is -1.20. The van der Waals surface area contributed by atoms with Crippen molar-refractivity contribution in [2.45, 2.75) is 26.8 Å². The van der Waals surface area contributed by atoms with Crippen LogP contribution in [0.15, 0.2) is 24.3 Å². The highest BCUT2D eigenvalue weighted by Gasteiger charge is 2.25. The monoisotopic (exact) mass is 319 g/mol. The third-order valence-electron chi connectivity index (χ3n) is 3.66. The van der Waals surface area contributed by atoms with E-state index in [2.05, 4.69) is 10.4 Å². The molecular weight excluding hydrogens is 302 g/mol. The second-order valence-corrected chi connectivity index (χ2v) is 5.68. The Hall–Kier alpha value is -2.14. The summed E-state index contributed by atoms with van der Waals surface area (Å²) in [5, 5.41) is 7.50. The second kappa shape index (κ2) is 6.32. The van der Waals surface area contributed by atoms with Gasteiger partial charge in [0.2, 0.25) is 0 Å². The Morgan fingerprint density at radius 3 is 2.32 bits per heavy atom. The van der Waals surface area contributed by atoms with Crippen LogP contribution in [0, 0.1) is 13.8 Å². The van der Waals surface area contributed by atoms with Gasteiger partial charge < -0.3 is 5.32 Å². The molecule has 1 amide bonds. The molecule has 116 valence electrons. The lowest BCUT2D eigenvalue weighted by atomic mass is 10.1.